The highest BCUT2D eigenvalue weighted by molar-refractivity contribution is 5.81. The minimum atomic E-state index is 0.274. The molecule has 1 aromatic carbocycles. The van der Waals surface area contributed by atoms with Gasteiger partial charge in [-0.1, -0.05) is 12.1 Å². The van der Waals surface area contributed by atoms with Crippen molar-refractivity contribution in [1.29, 1.82) is 0 Å². The number of imidazole rings is 1. The Kier molecular flexibility index (Phi) is 4.00. The average molecular weight is 325 g/mol. The maximum atomic E-state index is 12.5. The van der Waals surface area contributed by atoms with Gasteiger partial charge in [-0.05, 0) is 43.4 Å². The van der Waals surface area contributed by atoms with Crippen LogP contribution in [0, 0.1) is 5.92 Å². The van der Waals surface area contributed by atoms with Gasteiger partial charge in [0.1, 0.15) is 11.6 Å². The molecule has 5 heteroatoms. The normalized spacial score (nSPS) is 16.9. The van der Waals surface area contributed by atoms with E-state index in [1.165, 1.54) is 5.56 Å². The quantitative estimate of drug-likeness (QED) is 0.786. The zero-order valence-electron chi connectivity index (χ0n) is 14.0. The van der Waals surface area contributed by atoms with Crippen molar-refractivity contribution < 1.29 is 9.53 Å². The summed E-state index contributed by atoms with van der Waals surface area (Å²) in [6.45, 7) is 1.39. The molecule has 0 N–H and O–H groups in total. The van der Waals surface area contributed by atoms with Crippen LogP contribution in [0.25, 0.3) is 0 Å². The average Bonchev–Trinajstić information content (AvgIpc) is 3.52. The van der Waals surface area contributed by atoms with Gasteiger partial charge in [0, 0.05) is 30.9 Å². The summed E-state index contributed by atoms with van der Waals surface area (Å²) in [6.07, 6.45) is 8.21. The molecule has 0 spiro atoms. The van der Waals surface area contributed by atoms with E-state index in [2.05, 4.69) is 26.6 Å². The minimum Gasteiger partial charge on any atom is -0.497 e. The molecular formula is C19H23N3O2. The fraction of sp³-hybridized carbons (Fsp3) is 0.474. The first kappa shape index (κ1) is 15.2. The molecule has 2 fully saturated rings. The summed E-state index contributed by atoms with van der Waals surface area (Å²) in [5.74, 6) is 2.43. The number of hydrogen-bond donors (Lipinski definition) is 0. The van der Waals surface area contributed by atoms with Crippen molar-refractivity contribution in [3.05, 3.63) is 48.0 Å². The summed E-state index contributed by atoms with van der Waals surface area (Å²) < 4.78 is 7.34. The third-order valence-electron chi connectivity index (χ3n) is 4.82. The fourth-order valence-electron chi connectivity index (χ4n) is 3.05. The van der Waals surface area contributed by atoms with Gasteiger partial charge in [-0.3, -0.25) is 4.79 Å². The Morgan fingerprint density at radius 3 is 2.62 bits per heavy atom. The number of carbonyl (C=O) groups excluding carboxylic acids is 1. The van der Waals surface area contributed by atoms with E-state index in [1.54, 1.807) is 7.11 Å². The molecule has 1 aromatic heterocycles. The molecule has 5 nitrogen and oxygen atoms in total. The molecule has 0 radical (unpaired) electrons. The molecule has 0 bridgehead atoms. The second kappa shape index (κ2) is 6.30. The lowest BCUT2D eigenvalue weighted by molar-refractivity contribution is -0.133. The van der Waals surface area contributed by atoms with Gasteiger partial charge in [-0.2, -0.15) is 0 Å². The highest BCUT2D eigenvalue weighted by Gasteiger charge is 2.40. The van der Waals surface area contributed by atoms with Crippen LogP contribution in [0.3, 0.4) is 0 Å². The first-order valence-electron chi connectivity index (χ1n) is 8.68. The minimum absolute atomic E-state index is 0.274. The third kappa shape index (κ3) is 3.30. The first-order valence-corrected chi connectivity index (χ1v) is 8.68. The Balaban J connectivity index is 1.47. The predicted molar refractivity (Wildman–Crippen MR) is 90.6 cm³/mol. The van der Waals surface area contributed by atoms with Crippen LogP contribution in [0.5, 0.6) is 5.75 Å². The van der Waals surface area contributed by atoms with Crippen molar-refractivity contribution in [2.75, 3.05) is 7.11 Å². The Morgan fingerprint density at radius 1 is 1.25 bits per heavy atom. The van der Waals surface area contributed by atoms with Crippen LogP contribution in [-0.2, 0) is 17.9 Å². The van der Waals surface area contributed by atoms with Gasteiger partial charge >= 0.3 is 0 Å². The monoisotopic (exact) mass is 325 g/mol. The van der Waals surface area contributed by atoms with Gasteiger partial charge < -0.3 is 14.2 Å². The van der Waals surface area contributed by atoms with Gasteiger partial charge in [0.25, 0.3) is 0 Å². The molecule has 2 aromatic rings. The standard InChI is InChI=1S/C19H23N3O2/c1-24-17-8-2-14(3-9-17)12-21-11-10-20-18(21)13-22(16-6-7-16)19(23)15-4-5-15/h2-3,8-11,15-16H,4-7,12-13H2,1H3. The van der Waals surface area contributed by atoms with Crippen LogP contribution >= 0.6 is 0 Å². The molecule has 1 amide bonds. The molecule has 0 aliphatic heterocycles. The molecule has 2 aliphatic rings. The molecular weight excluding hydrogens is 302 g/mol. The van der Waals surface area contributed by atoms with Gasteiger partial charge in [0.2, 0.25) is 5.91 Å². The van der Waals surface area contributed by atoms with Gasteiger partial charge in [-0.25, -0.2) is 4.98 Å². The SMILES string of the molecule is COc1ccc(Cn2ccnc2CN(C(=O)C2CC2)C2CC2)cc1. The molecule has 1 heterocycles. The lowest BCUT2D eigenvalue weighted by atomic mass is 10.2. The van der Waals surface area contributed by atoms with E-state index in [0.29, 0.717) is 18.5 Å². The Labute approximate surface area is 142 Å². The number of amides is 1. The number of benzene rings is 1. The maximum Gasteiger partial charge on any atom is 0.226 e. The molecule has 2 aliphatic carbocycles. The number of hydrogen-bond acceptors (Lipinski definition) is 3. The zero-order valence-corrected chi connectivity index (χ0v) is 14.0. The highest BCUT2D eigenvalue weighted by Crippen LogP contribution is 2.36. The zero-order chi connectivity index (χ0) is 16.5. The number of aromatic nitrogens is 2. The largest absolute Gasteiger partial charge is 0.497 e. The van der Waals surface area contributed by atoms with Crippen molar-refractivity contribution in [3.63, 3.8) is 0 Å². The highest BCUT2D eigenvalue weighted by atomic mass is 16.5. The topological polar surface area (TPSA) is 47.4 Å². The van der Waals surface area contributed by atoms with Crippen LogP contribution in [0.2, 0.25) is 0 Å². The van der Waals surface area contributed by atoms with Crippen LogP contribution < -0.4 is 4.74 Å². The molecule has 126 valence electrons. The number of nitrogens with zero attached hydrogens (tertiary/aromatic N) is 3. The summed E-state index contributed by atoms with van der Waals surface area (Å²) in [6, 6.07) is 8.51. The van der Waals surface area contributed by atoms with E-state index in [9.17, 15) is 4.79 Å². The Morgan fingerprint density at radius 2 is 2.00 bits per heavy atom. The number of ether oxygens (including phenoxy) is 1. The number of methoxy groups -OCH3 is 1. The van der Waals surface area contributed by atoms with Crippen molar-refractivity contribution in [2.24, 2.45) is 5.92 Å². The molecule has 2 saturated carbocycles. The van der Waals surface area contributed by atoms with Gasteiger partial charge in [0.05, 0.1) is 13.7 Å². The lowest BCUT2D eigenvalue weighted by Gasteiger charge is -2.22. The molecule has 0 atom stereocenters. The number of rotatable bonds is 7. The smallest absolute Gasteiger partial charge is 0.226 e. The third-order valence-corrected chi connectivity index (χ3v) is 4.82. The van der Waals surface area contributed by atoms with E-state index >= 15 is 0 Å². The second-order valence-corrected chi connectivity index (χ2v) is 6.79. The molecule has 0 saturated heterocycles. The van der Waals surface area contributed by atoms with Crippen molar-refractivity contribution in [3.8, 4) is 5.75 Å². The molecule has 24 heavy (non-hydrogen) atoms. The van der Waals surface area contributed by atoms with E-state index < -0.39 is 0 Å². The van der Waals surface area contributed by atoms with Crippen molar-refractivity contribution in [2.45, 2.75) is 44.8 Å². The van der Waals surface area contributed by atoms with Gasteiger partial charge in [0.15, 0.2) is 0 Å². The first-order chi connectivity index (χ1) is 11.7. The van der Waals surface area contributed by atoms with E-state index in [-0.39, 0.29) is 5.92 Å². The van der Waals surface area contributed by atoms with Crippen molar-refractivity contribution >= 4 is 5.91 Å². The van der Waals surface area contributed by atoms with E-state index in [4.69, 9.17) is 4.74 Å². The van der Waals surface area contributed by atoms with E-state index in [1.807, 2.05) is 24.5 Å². The van der Waals surface area contributed by atoms with Crippen LogP contribution in [-0.4, -0.2) is 33.5 Å². The predicted octanol–water partition coefficient (Wildman–Crippen LogP) is 2.84. The fourth-order valence-corrected chi connectivity index (χ4v) is 3.05. The van der Waals surface area contributed by atoms with Crippen LogP contribution in [0.1, 0.15) is 37.1 Å². The maximum absolute atomic E-state index is 12.5. The summed E-state index contributed by atoms with van der Waals surface area (Å²) >= 11 is 0. The van der Waals surface area contributed by atoms with Crippen LogP contribution in [0.4, 0.5) is 0 Å². The summed E-state index contributed by atoms with van der Waals surface area (Å²) in [5, 5.41) is 0. The van der Waals surface area contributed by atoms with Gasteiger partial charge in [-0.15, -0.1) is 0 Å². The Hall–Kier alpha value is -2.30. The molecule has 0 unspecified atom stereocenters. The van der Waals surface area contributed by atoms with Crippen molar-refractivity contribution in [1.82, 2.24) is 14.5 Å². The lowest BCUT2D eigenvalue weighted by Crippen LogP contribution is -2.34. The number of carbonyl (C=O) groups is 1. The van der Waals surface area contributed by atoms with Crippen LogP contribution in [0.15, 0.2) is 36.7 Å². The second-order valence-electron chi connectivity index (χ2n) is 6.79. The summed E-state index contributed by atoms with van der Waals surface area (Å²) in [7, 11) is 1.67. The molecule has 4 rings (SSSR count). The Bertz CT molecular complexity index is 714. The summed E-state index contributed by atoms with van der Waals surface area (Å²) in [4.78, 5) is 19.1. The van der Waals surface area contributed by atoms with E-state index in [0.717, 1.165) is 43.8 Å². The summed E-state index contributed by atoms with van der Waals surface area (Å²) in [5.41, 5.74) is 1.20.